The molecule has 1 aromatic carbocycles. The van der Waals surface area contributed by atoms with Crippen LogP contribution in [0.4, 0.5) is 0 Å². The second-order valence-electron chi connectivity index (χ2n) is 3.67. The molecule has 0 aliphatic rings. The first-order valence-electron chi connectivity index (χ1n) is 5.33. The van der Waals surface area contributed by atoms with Gasteiger partial charge in [0.15, 0.2) is 0 Å². The molecule has 0 aliphatic heterocycles. The summed E-state index contributed by atoms with van der Waals surface area (Å²) in [5, 5.41) is 8.29. The number of para-hydroxylation sites is 1. The first-order valence-corrected chi connectivity index (χ1v) is 5.33. The lowest BCUT2D eigenvalue weighted by Gasteiger charge is -2.05. The van der Waals surface area contributed by atoms with Crippen molar-refractivity contribution in [3.8, 4) is 17.0 Å². The van der Waals surface area contributed by atoms with Crippen molar-refractivity contribution >= 4 is 5.52 Å². The van der Waals surface area contributed by atoms with E-state index in [-0.39, 0.29) is 0 Å². The van der Waals surface area contributed by atoms with Gasteiger partial charge >= 0.3 is 0 Å². The Morgan fingerprint density at radius 1 is 1.06 bits per heavy atom. The second-order valence-corrected chi connectivity index (χ2v) is 3.67. The molecule has 4 nitrogen and oxygen atoms in total. The van der Waals surface area contributed by atoms with Gasteiger partial charge in [-0.2, -0.15) is 0 Å². The van der Waals surface area contributed by atoms with Crippen molar-refractivity contribution in [2.45, 2.75) is 0 Å². The molecule has 0 fully saturated rings. The molecule has 84 valence electrons. The zero-order valence-corrected chi connectivity index (χ0v) is 9.37. The number of aromatic nitrogens is 3. The van der Waals surface area contributed by atoms with Gasteiger partial charge in [-0.25, -0.2) is 4.52 Å². The highest BCUT2D eigenvalue weighted by Crippen LogP contribution is 2.30. The molecule has 0 amide bonds. The predicted molar refractivity (Wildman–Crippen MR) is 65.0 cm³/mol. The van der Waals surface area contributed by atoms with E-state index in [9.17, 15) is 0 Å². The molecule has 2 heterocycles. The van der Waals surface area contributed by atoms with Crippen molar-refractivity contribution in [2.24, 2.45) is 0 Å². The highest BCUT2D eigenvalue weighted by molar-refractivity contribution is 5.80. The molecule has 3 aromatic rings. The zero-order chi connectivity index (χ0) is 11.7. The number of methoxy groups -OCH3 is 1. The van der Waals surface area contributed by atoms with E-state index in [0.29, 0.717) is 0 Å². The summed E-state index contributed by atoms with van der Waals surface area (Å²) in [6.07, 6.45) is 1.88. The molecule has 4 heteroatoms. The van der Waals surface area contributed by atoms with Crippen LogP contribution < -0.4 is 4.74 Å². The first-order chi connectivity index (χ1) is 8.40. The van der Waals surface area contributed by atoms with Gasteiger partial charge in [0, 0.05) is 11.8 Å². The fraction of sp³-hybridized carbons (Fsp3) is 0.0769. The first kappa shape index (κ1) is 9.84. The van der Waals surface area contributed by atoms with Crippen LogP contribution in [0.3, 0.4) is 0 Å². The number of benzene rings is 1. The maximum absolute atomic E-state index is 5.34. The zero-order valence-electron chi connectivity index (χ0n) is 9.37. The molecular weight excluding hydrogens is 214 g/mol. The highest BCUT2D eigenvalue weighted by atomic mass is 16.5. The van der Waals surface area contributed by atoms with Crippen LogP contribution in [0, 0.1) is 0 Å². The lowest BCUT2D eigenvalue weighted by molar-refractivity contribution is 0.416. The Balaban J connectivity index is 2.27. The Hall–Kier alpha value is -2.36. The highest BCUT2D eigenvalue weighted by Gasteiger charge is 2.11. The molecule has 0 aliphatic carbocycles. The van der Waals surface area contributed by atoms with Crippen molar-refractivity contribution in [1.82, 2.24) is 14.8 Å². The Morgan fingerprint density at radius 3 is 2.76 bits per heavy atom. The van der Waals surface area contributed by atoms with Crippen LogP contribution in [0.1, 0.15) is 0 Å². The van der Waals surface area contributed by atoms with E-state index in [1.807, 2.05) is 48.7 Å². The molecule has 2 aromatic heterocycles. The molecular formula is C13H11N3O. The fourth-order valence-electron chi connectivity index (χ4n) is 1.88. The molecule has 0 radical (unpaired) electrons. The van der Waals surface area contributed by atoms with E-state index in [2.05, 4.69) is 10.3 Å². The van der Waals surface area contributed by atoms with Crippen LogP contribution in [-0.2, 0) is 0 Å². The molecule has 0 atom stereocenters. The molecule has 3 rings (SSSR count). The molecule has 17 heavy (non-hydrogen) atoms. The van der Waals surface area contributed by atoms with Gasteiger partial charge in [0.25, 0.3) is 0 Å². The minimum Gasteiger partial charge on any atom is -0.496 e. The molecule has 0 bridgehead atoms. The van der Waals surface area contributed by atoms with E-state index >= 15 is 0 Å². The quantitative estimate of drug-likeness (QED) is 0.672. The van der Waals surface area contributed by atoms with Crippen LogP contribution in [0.25, 0.3) is 16.8 Å². The number of fused-ring (bicyclic) bond motifs is 1. The van der Waals surface area contributed by atoms with Gasteiger partial charge in [0.05, 0.1) is 12.6 Å². The number of hydrogen-bond acceptors (Lipinski definition) is 3. The summed E-state index contributed by atoms with van der Waals surface area (Å²) >= 11 is 0. The van der Waals surface area contributed by atoms with Gasteiger partial charge in [0.2, 0.25) is 0 Å². The average molecular weight is 225 g/mol. The predicted octanol–water partition coefficient (Wildman–Crippen LogP) is 2.40. The minimum absolute atomic E-state index is 0.804. The third kappa shape index (κ3) is 1.54. The molecule has 0 saturated carbocycles. The van der Waals surface area contributed by atoms with Gasteiger partial charge in [-0.3, -0.25) is 0 Å². The Bertz CT molecular complexity index is 660. The largest absolute Gasteiger partial charge is 0.496 e. The summed E-state index contributed by atoms with van der Waals surface area (Å²) in [4.78, 5) is 0. The van der Waals surface area contributed by atoms with Gasteiger partial charge in [-0.15, -0.1) is 5.10 Å². The average Bonchev–Trinajstić information content (AvgIpc) is 2.82. The minimum atomic E-state index is 0.804. The van der Waals surface area contributed by atoms with E-state index in [1.165, 1.54) is 0 Å². The summed E-state index contributed by atoms with van der Waals surface area (Å²) < 4.78 is 7.09. The van der Waals surface area contributed by atoms with Crippen LogP contribution in [0.5, 0.6) is 5.75 Å². The number of rotatable bonds is 2. The van der Waals surface area contributed by atoms with Gasteiger partial charge in [0.1, 0.15) is 11.4 Å². The molecule has 0 saturated heterocycles. The SMILES string of the molecule is COc1ccccc1-c1nnn2ccccc12. The summed E-state index contributed by atoms with van der Waals surface area (Å²) in [6, 6.07) is 13.7. The van der Waals surface area contributed by atoms with Gasteiger partial charge < -0.3 is 4.74 Å². The fourth-order valence-corrected chi connectivity index (χ4v) is 1.88. The van der Waals surface area contributed by atoms with E-state index in [1.54, 1.807) is 11.6 Å². The number of nitrogens with zero attached hydrogens (tertiary/aromatic N) is 3. The third-order valence-electron chi connectivity index (χ3n) is 2.69. The lowest BCUT2D eigenvalue weighted by atomic mass is 10.1. The maximum atomic E-state index is 5.34. The molecule has 0 N–H and O–H groups in total. The van der Waals surface area contributed by atoms with Gasteiger partial charge in [-0.05, 0) is 24.3 Å². The number of ether oxygens (including phenoxy) is 1. The Labute approximate surface area is 98.5 Å². The third-order valence-corrected chi connectivity index (χ3v) is 2.69. The van der Waals surface area contributed by atoms with E-state index in [4.69, 9.17) is 4.74 Å². The van der Waals surface area contributed by atoms with Gasteiger partial charge in [-0.1, -0.05) is 23.4 Å². The Morgan fingerprint density at radius 2 is 1.88 bits per heavy atom. The van der Waals surface area contributed by atoms with Crippen molar-refractivity contribution < 1.29 is 4.74 Å². The van der Waals surface area contributed by atoms with Crippen molar-refractivity contribution in [2.75, 3.05) is 7.11 Å². The molecule has 0 unspecified atom stereocenters. The van der Waals surface area contributed by atoms with Crippen molar-refractivity contribution in [3.05, 3.63) is 48.7 Å². The van der Waals surface area contributed by atoms with Crippen LogP contribution in [-0.4, -0.2) is 21.9 Å². The Kier molecular flexibility index (Phi) is 2.26. The van der Waals surface area contributed by atoms with Crippen LogP contribution in [0.2, 0.25) is 0 Å². The number of pyridine rings is 1. The number of hydrogen-bond donors (Lipinski definition) is 0. The second kappa shape index (κ2) is 3.90. The smallest absolute Gasteiger partial charge is 0.128 e. The van der Waals surface area contributed by atoms with E-state index < -0.39 is 0 Å². The summed E-state index contributed by atoms with van der Waals surface area (Å²) in [7, 11) is 1.66. The lowest BCUT2D eigenvalue weighted by Crippen LogP contribution is -1.88. The van der Waals surface area contributed by atoms with Crippen molar-refractivity contribution in [1.29, 1.82) is 0 Å². The summed E-state index contributed by atoms with van der Waals surface area (Å²) in [5.41, 5.74) is 2.76. The van der Waals surface area contributed by atoms with Crippen LogP contribution >= 0.6 is 0 Å². The van der Waals surface area contributed by atoms with E-state index in [0.717, 1.165) is 22.5 Å². The maximum Gasteiger partial charge on any atom is 0.128 e. The van der Waals surface area contributed by atoms with Crippen LogP contribution in [0.15, 0.2) is 48.7 Å². The summed E-state index contributed by atoms with van der Waals surface area (Å²) in [5.74, 6) is 0.804. The standard InChI is InChI=1S/C13H11N3O/c1-17-12-8-3-2-6-10(12)13-11-7-4-5-9-16(11)15-14-13/h2-9H,1H3. The summed E-state index contributed by atoms with van der Waals surface area (Å²) in [6.45, 7) is 0. The van der Waals surface area contributed by atoms with Crippen molar-refractivity contribution in [3.63, 3.8) is 0 Å². The topological polar surface area (TPSA) is 39.4 Å². The monoisotopic (exact) mass is 225 g/mol. The molecule has 0 spiro atoms. The normalized spacial score (nSPS) is 10.6.